The van der Waals surface area contributed by atoms with Crippen molar-refractivity contribution in [3.63, 3.8) is 0 Å². The predicted molar refractivity (Wildman–Crippen MR) is 98.6 cm³/mol. The molecule has 0 aliphatic carbocycles. The van der Waals surface area contributed by atoms with Crippen molar-refractivity contribution in [1.29, 1.82) is 0 Å². The van der Waals surface area contributed by atoms with E-state index in [1.165, 1.54) is 23.6 Å². The van der Waals surface area contributed by atoms with Gasteiger partial charge in [-0.1, -0.05) is 11.3 Å². The third-order valence-corrected chi connectivity index (χ3v) is 5.03. The average molecular weight is 418 g/mol. The van der Waals surface area contributed by atoms with E-state index in [0.29, 0.717) is 27.7 Å². The summed E-state index contributed by atoms with van der Waals surface area (Å²) in [5.74, 6) is -3.34. The van der Waals surface area contributed by atoms with Crippen LogP contribution in [-0.2, 0) is 13.0 Å². The number of rotatable bonds is 6. The first-order chi connectivity index (χ1) is 14.0. The monoisotopic (exact) mass is 418 g/mol. The van der Waals surface area contributed by atoms with Crippen LogP contribution in [-0.4, -0.2) is 31.3 Å². The standard InChI is InChI=1S/C18H13F3N6OS/c19-10-5-12(20)11(13(21)6-10)3-9-4-15(22-7-9)17(28)23-8-16-26-27-18(29-16)14-1-2-24-25-14/h1-2,4-7,22H,3,8H2,(H,23,28)(H,24,25). The molecule has 0 fully saturated rings. The zero-order chi connectivity index (χ0) is 20.4. The fraction of sp³-hybridized carbons (Fsp3) is 0.111. The number of aromatic amines is 2. The molecule has 3 aromatic heterocycles. The fourth-order valence-electron chi connectivity index (χ4n) is 2.68. The third kappa shape index (κ3) is 4.19. The number of hydrogen-bond donors (Lipinski definition) is 3. The number of nitrogens with zero attached hydrogens (tertiary/aromatic N) is 3. The fourth-order valence-corrected chi connectivity index (χ4v) is 3.43. The number of carbonyl (C=O) groups is 1. The molecule has 1 aromatic carbocycles. The van der Waals surface area contributed by atoms with Crippen LogP contribution in [0.4, 0.5) is 13.2 Å². The minimum Gasteiger partial charge on any atom is -0.357 e. The molecular formula is C18H13F3N6OS. The zero-order valence-corrected chi connectivity index (χ0v) is 15.5. The van der Waals surface area contributed by atoms with E-state index in [1.807, 2.05) is 0 Å². The Labute approximate surface area is 166 Å². The lowest BCUT2D eigenvalue weighted by Gasteiger charge is -2.03. The van der Waals surface area contributed by atoms with Gasteiger partial charge in [0.1, 0.15) is 28.2 Å². The SMILES string of the molecule is O=C(NCc1nnc(-c2ccn[nH]2)s1)c1cc(Cc2c(F)cc(F)cc2F)c[nH]1. The first-order valence-electron chi connectivity index (χ1n) is 8.40. The summed E-state index contributed by atoms with van der Waals surface area (Å²) in [7, 11) is 0. The zero-order valence-electron chi connectivity index (χ0n) is 14.7. The molecule has 3 heterocycles. The minimum absolute atomic E-state index is 0.119. The highest BCUT2D eigenvalue weighted by atomic mass is 32.1. The summed E-state index contributed by atoms with van der Waals surface area (Å²) < 4.78 is 40.6. The number of H-pyrrole nitrogens is 2. The molecular weight excluding hydrogens is 405 g/mol. The lowest BCUT2D eigenvalue weighted by Crippen LogP contribution is -2.23. The molecule has 29 heavy (non-hydrogen) atoms. The molecule has 0 radical (unpaired) electrons. The van der Waals surface area contributed by atoms with Gasteiger partial charge in [-0.15, -0.1) is 10.2 Å². The van der Waals surface area contributed by atoms with Gasteiger partial charge in [-0.25, -0.2) is 13.2 Å². The van der Waals surface area contributed by atoms with Gasteiger partial charge in [-0.3, -0.25) is 9.89 Å². The van der Waals surface area contributed by atoms with E-state index in [4.69, 9.17) is 0 Å². The molecule has 7 nitrogen and oxygen atoms in total. The third-order valence-electron chi connectivity index (χ3n) is 4.07. The van der Waals surface area contributed by atoms with Crippen LogP contribution in [0.1, 0.15) is 26.6 Å². The number of hydrogen-bond acceptors (Lipinski definition) is 5. The summed E-state index contributed by atoms with van der Waals surface area (Å²) in [5, 5.41) is 18.6. The largest absolute Gasteiger partial charge is 0.357 e. The number of aromatic nitrogens is 5. The lowest BCUT2D eigenvalue weighted by atomic mass is 10.1. The number of halogens is 3. The Kier molecular flexibility index (Phi) is 5.12. The van der Waals surface area contributed by atoms with Crippen molar-refractivity contribution in [3.8, 4) is 10.7 Å². The lowest BCUT2D eigenvalue weighted by molar-refractivity contribution is 0.0946. The molecule has 0 saturated carbocycles. The number of carbonyl (C=O) groups excluding carboxylic acids is 1. The van der Waals surface area contributed by atoms with Crippen molar-refractivity contribution in [3.05, 3.63) is 75.9 Å². The van der Waals surface area contributed by atoms with Crippen LogP contribution in [0.3, 0.4) is 0 Å². The molecule has 0 spiro atoms. The Morgan fingerprint density at radius 2 is 1.93 bits per heavy atom. The molecule has 0 bridgehead atoms. The van der Waals surface area contributed by atoms with Crippen LogP contribution in [0.15, 0.2) is 36.7 Å². The van der Waals surface area contributed by atoms with Gasteiger partial charge in [0, 0.05) is 36.5 Å². The first-order valence-corrected chi connectivity index (χ1v) is 9.22. The number of benzene rings is 1. The summed E-state index contributed by atoms with van der Waals surface area (Å²) in [5.41, 5.74) is 1.17. The molecule has 11 heteroatoms. The Hall–Kier alpha value is -3.47. The Bertz CT molecular complexity index is 1130. The highest BCUT2D eigenvalue weighted by Gasteiger charge is 2.15. The summed E-state index contributed by atoms with van der Waals surface area (Å²) in [6.45, 7) is 0.167. The molecule has 1 amide bonds. The normalized spacial score (nSPS) is 11.0. The molecule has 0 unspecified atom stereocenters. The molecule has 0 saturated heterocycles. The van der Waals surface area contributed by atoms with Crippen LogP contribution >= 0.6 is 11.3 Å². The van der Waals surface area contributed by atoms with Crippen molar-refractivity contribution in [2.24, 2.45) is 0 Å². The quantitative estimate of drug-likeness (QED) is 0.448. The average Bonchev–Trinajstić information content (AvgIpc) is 3.44. The maximum absolute atomic E-state index is 13.8. The van der Waals surface area contributed by atoms with Gasteiger partial charge in [0.2, 0.25) is 0 Å². The highest BCUT2D eigenvalue weighted by Crippen LogP contribution is 2.21. The van der Waals surface area contributed by atoms with E-state index in [9.17, 15) is 18.0 Å². The summed E-state index contributed by atoms with van der Waals surface area (Å²) in [6, 6.07) is 4.49. The van der Waals surface area contributed by atoms with E-state index >= 15 is 0 Å². The summed E-state index contributed by atoms with van der Waals surface area (Å²) >= 11 is 1.31. The van der Waals surface area contributed by atoms with Crippen molar-refractivity contribution in [1.82, 2.24) is 30.7 Å². The van der Waals surface area contributed by atoms with Crippen LogP contribution in [0.2, 0.25) is 0 Å². The maximum atomic E-state index is 13.8. The van der Waals surface area contributed by atoms with Crippen LogP contribution < -0.4 is 5.32 Å². The summed E-state index contributed by atoms with van der Waals surface area (Å²) in [6.07, 6.45) is 2.95. The second kappa shape index (κ2) is 7.87. The van der Waals surface area contributed by atoms with Gasteiger partial charge in [-0.05, 0) is 17.7 Å². The van der Waals surface area contributed by atoms with Gasteiger partial charge >= 0.3 is 0 Å². The molecule has 0 atom stereocenters. The molecule has 148 valence electrons. The second-order valence-electron chi connectivity index (χ2n) is 6.10. The highest BCUT2D eigenvalue weighted by molar-refractivity contribution is 7.14. The molecule has 3 N–H and O–H groups in total. The van der Waals surface area contributed by atoms with E-state index < -0.39 is 23.4 Å². The number of nitrogens with one attached hydrogen (secondary N) is 3. The van der Waals surface area contributed by atoms with Gasteiger partial charge < -0.3 is 10.3 Å². The van der Waals surface area contributed by atoms with Crippen LogP contribution in [0.5, 0.6) is 0 Å². The van der Waals surface area contributed by atoms with E-state index in [2.05, 4.69) is 30.7 Å². The van der Waals surface area contributed by atoms with Crippen LogP contribution in [0.25, 0.3) is 10.7 Å². The van der Waals surface area contributed by atoms with Gasteiger partial charge in [0.25, 0.3) is 5.91 Å². The molecule has 4 rings (SSSR count). The van der Waals surface area contributed by atoms with Crippen molar-refractivity contribution in [2.75, 3.05) is 0 Å². The topological polar surface area (TPSA) is 99.3 Å². The Balaban J connectivity index is 1.39. The molecule has 0 aliphatic rings. The van der Waals surface area contributed by atoms with Crippen molar-refractivity contribution >= 4 is 17.2 Å². The predicted octanol–water partition coefficient (Wildman–Crippen LogP) is 3.19. The van der Waals surface area contributed by atoms with E-state index in [1.54, 1.807) is 12.3 Å². The van der Waals surface area contributed by atoms with E-state index in [-0.39, 0.29) is 24.2 Å². The smallest absolute Gasteiger partial charge is 0.268 e. The Morgan fingerprint density at radius 1 is 1.14 bits per heavy atom. The second-order valence-corrected chi connectivity index (χ2v) is 7.16. The molecule has 4 aromatic rings. The van der Waals surface area contributed by atoms with Gasteiger partial charge in [-0.2, -0.15) is 5.10 Å². The summed E-state index contributed by atoms with van der Waals surface area (Å²) in [4.78, 5) is 15.1. The van der Waals surface area contributed by atoms with Crippen molar-refractivity contribution in [2.45, 2.75) is 13.0 Å². The number of amides is 1. The van der Waals surface area contributed by atoms with Crippen LogP contribution in [0, 0.1) is 17.5 Å². The maximum Gasteiger partial charge on any atom is 0.268 e. The molecule has 0 aliphatic heterocycles. The van der Waals surface area contributed by atoms with Gasteiger partial charge in [0.15, 0.2) is 5.01 Å². The van der Waals surface area contributed by atoms with Gasteiger partial charge in [0.05, 0.1) is 12.2 Å². The van der Waals surface area contributed by atoms with E-state index in [0.717, 1.165) is 5.69 Å². The Morgan fingerprint density at radius 3 is 2.66 bits per heavy atom. The first kappa shape index (κ1) is 18.9. The van der Waals surface area contributed by atoms with Crippen molar-refractivity contribution < 1.29 is 18.0 Å². The minimum atomic E-state index is -0.981.